The standard InChI is InChI=1S/C20H27N3O2S/c1-2-3-4-9-14-23-19(25)15-10-5-6-11-16(15)22-20(23)26-17-12-7-8-13-21-18(17)24/h5-6,10-11,17H,2-4,7-9,12-14H2,1H3,(H,21,24)/t17-/m0/s1. The van der Waals surface area contributed by atoms with E-state index in [1.54, 1.807) is 4.57 Å². The van der Waals surface area contributed by atoms with E-state index in [0.29, 0.717) is 22.6 Å². The highest BCUT2D eigenvalue weighted by Crippen LogP contribution is 2.27. The summed E-state index contributed by atoms with van der Waals surface area (Å²) in [6.07, 6.45) is 7.25. The molecule has 1 atom stereocenters. The van der Waals surface area contributed by atoms with Gasteiger partial charge in [0, 0.05) is 13.1 Å². The number of fused-ring (bicyclic) bond motifs is 1. The van der Waals surface area contributed by atoms with E-state index >= 15 is 0 Å². The Morgan fingerprint density at radius 1 is 1.19 bits per heavy atom. The number of thioether (sulfide) groups is 1. The van der Waals surface area contributed by atoms with Crippen LogP contribution in [0.15, 0.2) is 34.2 Å². The fourth-order valence-corrected chi connectivity index (χ4v) is 4.46. The predicted octanol–water partition coefficient (Wildman–Crippen LogP) is 3.74. The molecule has 140 valence electrons. The molecule has 3 rings (SSSR count). The first-order valence-corrected chi connectivity index (χ1v) is 10.5. The highest BCUT2D eigenvalue weighted by molar-refractivity contribution is 8.00. The predicted molar refractivity (Wildman–Crippen MR) is 107 cm³/mol. The van der Waals surface area contributed by atoms with Crippen molar-refractivity contribution in [2.45, 2.75) is 68.8 Å². The summed E-state index contributed by atoms with van der Waals surface area (Å²) >= 11 is 1.45. The van der Waals surface area contributed by atoms with Gasteiger partial charge in [0.25, 0.3) is 5.56 Å². The van der Waals surface area contributed by atoms with Crippen molar-refractivity contribution in [1.82, 2.24) is 14.9 Å². The SMILES string of the molecule is CCCCCCn1c(S[C@H]2CCCCNC2=O)nc2ccccc2c1=O. The van der Waals surface area contributed by atoms with Crippen molar-refractivity contribution in [2.75, 3.05) is 6.54 Å². The molecule has 1 aliphatic heterocycles. The lowest BCUT2D eigenvalue weighted by molar-refractivity contribution is -0.120. The molecule has 5 nitrogen and oxygen atoms in total. The molecule has 0 unspecified atom stereocenters. The number of benzene rings is 1. The molecule has 1 aromatic heterocycles. The molecule has 0 spiro atoms. The largest absolute Gasteiger partial charge is 0.355 e. The maximum Gasteiger partial charge on any atom is 0.262 e. The van der Waals surface area contributed by atoms with Crippen molar-refractivity contribution >= 4 is 28.6 Å². The second-order valence-electron chi connectivity index (χ2n) is 6.82. The highest BCUT2D eigenvalue weighted by Gasteiger charge is 2.24. The summed E-state index contributed by atoms with van der Waals surface area (Å²) in [7, 11) is 0. The van der Waals surface area contributed by atoms with Gasteiger partial charge in [-0.05, 0) is 31.4 Å². The second kappa shape index (κ2) is 9.21. The molecule has 2 heterocycles. The molecule has 1 aromatic carbocycles. The van der Waals surface area contributed by atoms with Gasteiger partial charge in [-0.3, -0.25) is 14.2 Å². The van der Waals surface area contributed by atoms with Gasteiger partial charge in [0.1, 0.15) is 0 Å². The van der Waals surface area contributed by atoms with E-state index < -0.39 is 0 Å². The number of nitrogens with one attached hydrogen (secondary N) is 1. The third kappa shape index (κ3) is 4.47. The van der Waals surface area contributed by atoms with Gasteiger partial charge in [0.2, 0.25) is 5.91 Å². The van der Waals surface area contributed by atoms with Gasteiger partial charge < -0.3 is 5.32 Å². The van der Waals surface area contributed by atoms with Gasteiger partial charge in [-0.2, -0.15) is 0 Å². The van der Waals surface area contributed by atoms with E-state index in [2.05, 4.69) is 12.2 Å². The van der Waals surface area contributed by atoms with E-state index in [-0.39, 0.29) is 16.7 Å². The van der Waals surface area contributed by atoms with E-state index in [1.165, 1.54) is 18.2 Å². The Morgan fingerprint density at radius 3 is 2.88 bits per heavy atom. The zero-order valence-corrected chi connectivity index (χ0v) is 16.2. The van der Waals surface area contributed by atoms with Crippen molar-refractivity contribution in [3.8, 4) is 0 Å². The van der Waals surface area contributed by atoms with Gasteiger partial charge >= 0.3 is 0 Å². The Hall–Kier alpha value is -1.82. The van der Waals surface area contributed by atoms with Crippen LogP contribution >= 0.6 is 11.8 Å². The van der Waals surface area contributed by atoms with Crippen LogP contribution in [-0.4, -0.2) is 27.3 Å². The molecule has 0 radical (unpaired) electrons. The summed E-state index contributed by atoms with van der Waals surface area (Å²) in [5.41, 5.74) is 0.711. The molecule has 1 saturated heterocycles. The number of rotatable bonds is 7. The first kappa shape index (κ1) is 19.0. The molecule has 6 heteroatoms. The number of hydrogen-bond donors (Lipinski definition) is 1. The summed E-state index contributed by atoms with van der Waals surface area (Å²) in [5.74, 6) is 0.0624. The van der Waals surface area contributed by atoms with Crippen LogP contribution in [0.2, 0.25) is 0 Å². The molecule has 2 aromatic rings. The van der Waals surface area contributed by atoms with E-state index in [0.717, 1.165) is 45.1 Å². The molecule has 0 bridgehead atoms. The van der Waals surface area contributed by atoms with Crippen LogP contribution in [0.25, 0.3) is 10.9 Å². The molecule has 26 heavy (non-hydrogen) atoms. The molecular weight excluding hydrogens is 346 g/mol. The molecule has 1 N–H and O–H groups in total. The number of carbonyl (C=O) groups excluding carboxylic acids is 1. The average Bonchev–Trinajstić information content (AvgIpc) is 2.85. The van der Waals surface area contributed by atoms with Crippen LogP contribution in [0.3, 0.4) is 0 Å². The van der Waals surface area contributed by atoms with Crippen molar-refractivity contribution < 1.29 is 4.79 Å². The van der Waals surface area contributed by atoms with E-state index in [4.69, 9.17) is 4.98 Å². The number of aromatic nitrogens is 2. The Kier molecular flexibility index (Phi) is 6.72. The zero-order valence-electron chi connectivity index (χ0n) is 15.4. The third-order valence-electron chi connectivity index (χ3n) is 4.79. The van der Waals surface area contributed by atoms with E-state index in [9.17, 15) is 9.59 Å². The smallest absolute Gasteiger partial charge is 0.262 e. The molecule has 1 aliphatic rings. The summed E-state index contributed by atoms with van der Waals surface area (Å²) in [6, 6.07) is 7.47. The first-order chi connectivity index (χ1) is 12.7. The molecule has 1 fully saturated rings. The number of carbonyl (C=O) groups is 1. The normalized spacial score (nSPS) is 17.9. The molecule has 0 aliphatic carbocycles. The average molecular weight is 374 g/mol. The van der Waals surface area contributed by atoms with Crippen molar-refractivity contribution in [2.24, 2.45) is 0 Å². The topological polar surface area (TPSA) is 64.0 Å². The first-order valence-electron chi connectivity index (χ1n) is 9.64. The Labute approximate surface area is 158 Å². The minimum Gasteiger partial charge on any atom is -0.355 e. The second-order valence-corrected chi connectivity index (χ2v) is 7.99. The van der Waals surface area contributed by atoms with Crippen LogP contribution in [0.4, 0.5) is 0 Å². The lowest BCUT2D eigenvalue weighted by atomic mass is 10.2. The van der Waals surface area contributed by atoms with Gasteiger partial charge in [-0.25, -0.2) is 4.98 Å². The summed E-state index contributed by atoms with van der Waals surface area (Å²) in [5, 5.41) is 4.12. The van der Waals surface area contributed by atoms with Crippen molar-refractivity contribution in [3.05, 3.63) is 34.6 Å². The number of amides is 1. The Bertz CT molecular complexity index is 818. The zero-order chi connectivity index (χ0) is 18.4. The van der Waals surface area contributed by atoms with Crippen LogP contribution in [-0.2, 0) is 11.3 Å². The van der Waals surface area contributed by atoms with Crippen LogP contribution < -0.4 is 10.9 Å². The summed E-state index contributed by atoms with van der Waals surface area (Å²) in [4.78, 5) is 30.1. The summed E-state index contributed by atoms with van der Waals surface area (Å²) in [6.45, 7) is 3.58. The van der Waals surface area contributed by atoms with Gasteiger partial charge in [0.15, 0.2) is 5.16 Å². The van der Waals surface area contributed by atoms with Gasteiger partial charge in [-0.1, -0.05) is 56.5 Å². The fraction of sp³-hybridized carbons (Fsp3) is 0.550. The van der Waals surface area contributed by atoms with Gasteiger partial charge in [-0.15, -0.1) is 0 Å². The van der Waals surface area contributed by atoms with Crippen molar-refractivity contribution in [3.63, 3.8) is 0 Å². The lowest BCUT2D eigenvalue weighted by Crippen LogP contribution is -2.32. The Morgan fingerprint density at radius 2 is 2.04 bits per heavy atom. The minimum atomic E-state index is -0.174. The lowest BCUT2D eigenvalue weighted by Gasteiger charge is -2.17. The highest BCUT2D eigenvalue weighted by atomic mass is 32.2. The van der Waals surface area contributed by atoms with Crippen LogP contribution in [0, 0.1) is 0 Å². The monoisotopic (exact) mass is 373 g/mol. The quantitative estimate of drug-likeness (QED) is 0.593. The minimum absolute atomic E-state index is 0.00336. The summed E-state index contributed by atoms with van der Waals surface area (Å²) < 4.78 is 1.78. The number of para-hydroxylation sites is 1. The maximum atomic E-state index is 13.0. The third-order valence-corrected chi connectivity index (χ3v) is 6.05. The number of hydrogen-bond acceptors (Lipinski definition) is 4. The van der Waals surface area contributed by atoms with Crippen LogP contribution in [0.5, 0.6) is 0 Å². The van der Waals surface area contributed by atoms with Crippen molar-refractivity contribution in [1.29, 1.82) is 0 Å². The Balaban J connectivity index is 1.92. The van der Waals surface area contributed by atoms with Crippen LogP contribution in [0.1, 0.15) is 51.9 Å². The van der Waals surface area contributed by atoms with E-state index in [1.807, 2.05) is 24.3 Å². The maximum absolute atomic E-state index is 13.0. The fourth-order valence-electron chi connectivity index (χ4n) is 3.28. The molecule has 1 amide bonds. The molecule has 0 saturated carbocycles. The number of nitrogens with zero attached hydrogens (tertiary/aromatic N) is 2. The van der Waals surface area contributed by atoms with Gasteiger partial charge in [0.05, 0.1) is 16.2 Å². The number of unbranched alkanes of at least 4 members (excludes halogenated alkanes) is 3. The molecular formula is C20H27N3O2S.